The molecule has 2 aromatic heterocycles. The summed E-state index contributed by atoms with van der Waals surface area (Å²) in [6.07, 6.45) is 1.49. The summed E-state index contributed by atoms with van der Waals surface area (Å²) >= 11 is 0. The number of rotatable bonds is 4. The molecule has 23 heavy (non-hydrogen) atoms. The molecule has 1 amide bonds. The zero-order chi connectivity index (χ0) is 16.2. The number of hydrogen-bond donors (Lipinski definition) is 1. The summed E-state index contributed by atoms with van der Waals surface area (Å²) in [5.41, 5.74) is -0.178. The van der Waals surface area contributed by atoms with E-state index in [1.807, 2.05) is 0 Å². The van der Waals surface area contributed by atoms with Crippen LogP contribution in [0.3, 0.4) is 0 Å². The molecule has 1 N–H and O–H groups in total. The minimum atomic E-state index is -0.517. The lowest BCUT2D eigenvalue weighted by molar-refractivity contribution is 0.0924. The van der Waals surface area contributed by atoms with Crippen LogP contribution in [0.15, 0.2) is 62.7 Å². The Bertz CT molecular complexity index is 974. The smallest absolute Gasteiger partial charge is 0.287 e. The normalized spacial score (nSPS) is 10.6. The third-order valence-electron chi connectivity index (χ3n) is 3.25. The Morgan fingerprint density at radius 1 is 1.17 bits per heavy atom. The summed E-state index contributed by atoms with van der Waals surface area (Å²) in [4.78, 5) is 35.5. The average Bonchev–Trinajstić information content (AvgIpc) is 2.56. The summed E-state index contributed by atoms with van der Waals surface area (Å²) in [6.45, 7) is 0.412. The third-order valence-corrected chi connectivity index (χ3v) is 3.25. The second-order valence-electron chi connectivity index (χ2n) is 4.81. The molecule has 116 valence electrons. The number of para-hydroxylation sites is 1. The molecule has 0 spiro atoms. The number of benzene rings is 1. The van der Waals surface area contributed by atoms with Gasteiger partial charge in [-0.05, 0) is 18.2 Å². The lowest BCUT2D eigenvalue weighted by atomic mass is 10.2. The fourth-order valence-electron chi connectivity index (χ4n) is 2.13. The highest BCUT2D eigenvalue weighted by atomic mass is 16.3. The standard InChI is InChI=1S/C16H13N3O4/c20-12-10-14(23-13-5-2-1-4-11(12)13)16(22)17-8-9-19-15(21)6-3-7-18-19/h1-7,10H,8-9H2,(H,17,22). The van der Waals surface area contributed by atoms with Gasteiger partial charge in [0.2, 0.25) is 0 Å². The van der Waals surface area contributed by atoms with Crippen LogP contribution in [-0.4, -0.2) is 22.2 Å². The molecule has 0 unspecified atom stereocenters. The van der Waals surface area contributed by atoms with Gasteiger partial charge in [0.15, 0.2) is 11.2 Å². The second-order valence-corrected chi connectivity index (χ2v) is 4.81. The molecular formula is C16H13N3O4. The summed E-state index contributed by atoms with van der Waals surface area (Å²) in [5, 5.41) is 6.90. The number of aromatic nitrogens is 2. The van der Waals surface area contributed by atoms with Crippen molar-refractivity contribution in [1.29, 1.82) is 0 Å². The average molecular weight is 311 g/mol. The molecule has 1 aromatic carbocycles. The van der Waals surface area contributed by atoms with Crippen LogP contribution in [0.25, 0.3) is 11.0 Å². The van der Waals surface area contributed by atoms with E-state index in [0.29, 0.717) is 11.0 Å². The molecule has 7 heteroatoms. The van der Waals surface area contributed by atoms with Crippen LogP contribution in [-0.2, 0) is 6.54 Å². The van der Waals surface area contributed by atoms with Gasteiger partial charge in [-0.3, -0.25) is 14.4 Å². The van der Waals surface area contributed by atoms with Gasteiger partial charge in [0.05, 0.1) is 11.9 Å². The Labute approximate surface area is 130 Å². The highest BCUT2D eigenvalue weighted by Gasteiger charge is 2.11. The Balaban J connectivity index is 1.73. The van der Waals surface area contributed by atoms with Crippen molar-refractivity contribution in [3.8, 4) is 0 Å². The minimum absolute atomic E-state index is 0.0675. The number of amides is 1. The molecule has 0 fully saturated rings. The predicted molar refractivity (Wildman–Crippen MR) is 83.3 cm³/mol. The minimum Gasteiger partial charge on any atom is -0.451 e. The lowest BCUT2D eigenvalue weighted by Gasteiger charge is -2.06. The molecule has 0 aliphatic carbocycles. The zero-order valence-corrected chi connectivity index (χ0v) is 12.1. The maximum Gasteiger partial charge on any atom is 0.287 e. The Morgan fingerprint density at radius 3 is 2.83 bits per heavy atom. The predicted octanol–water partition coefficient (Wildman–Crippen LogP) is 0.780. The van der Waals surface area contributed by atoms with Crippen molar-refractivity contribution in [3.63, 3.8) is 0 Å². The van der Waals surface area contributed by atoms with E-state index >= 15 is 0 Å². The van der Waals surface area contributed by atoms with E-state index in [9.17, 15) is 14.4 Å². The number of nitrogens with zero attached hydrogens (tertiary/aromatic N) is 2. The highest BCUT2D eigenvalue weighted by molar-refractivity contribution is 5.93. The molecule has 0 aliphatic rings. The first-order valence-corrected chi connectivity index (χ1v) is 6.98. The first kappa shape index (κ1) is 14.7. The topological polar surface area (TPSA) is 94.2 Å². The molecule has 2 heterocycles. The van der Waals surface area contributed by atoms with Crippen LogP contribution in [0, 0.1) is 0 Å². The maximum absolute atomic E-state index is 12.1. The Kier molecular flexibility index (Phi) is 4.01. The molecule has 0 bridgehead atoms. The van der Waals surface area contributed by atoms with Crippen LogP contribution >= 0.6 is 0 Å². The van der Waals surface area contributed by atoms with Gasteiger partial charge in [0, 0.05) is 24.9 Å². The van der Waals surface area contributed by atoms with Crippen molar-refractivity contribution in [2.45, 2.75) is 6.54 Å². The lowest BCUT2D eigenvalue weighted by Crippen LogP contribution is -2.31. The highest BCUT2D eigenvalue weighted by Crippen LogP contribution is 2.11. The molecule has 0 saturated carbocycles. The van der Waals surface area contributed by atoms with Crippen LogP contribution in [0.2, 0.25) is 0 Å². The van der Waals surface area contributed by atoms with Crippen molar-refractivity contribution in [2.24, 2.45) is 0 Å². The molecule has 3 rings (SSSR count). The fraction of sp³-hybridized carbons (Fsp3) is 0.125. The molecule has 0 saturated heterocycles. The molecular weight excluding hydrogens is 298 g/mol. The molecule has 7 nitrogen and oxygen atoms in total. The van der Waals surface area contributed by atoms with Gasteiger partial charge in [-0.1, -0.05) is 12.1 Å². The van der Waals surface area contributed by atoms with E-state index in [1.54, 1.807) is 30.3 Å². The van der Waals surface area contributed by atoms with Crippen molar-refractivity contribution in [3.05, 3.63) is 75.0 Å². The summed E-state index contributed by atoms with van der Waals surface area (Å²) in [5.74, 6) is -0.584. The van der Waals surface area contributed by atoms with Crippen LogP contribution in [0.4, 0.5) is 0 Å². The fourth-order valence-corrected chi connectivity index (χ4v) is 2.13. The third kappa shape index (κ3) is 3.18. The van der Waals surface area contributed by atoms with E-state index in [1.165, 1.54) is 16.9 Å². The van der Waals surface area contributed by atoms with Crippen molar-refractivity contribution in [1.82, 2.24) is 15.1 Å². The molecule has 0 radical (unpaired) electrons. The quantitative estimate of drug-likeness (QED) is 0.768. The van der Waals surface area contributed by atoms with Crippen LogP contribution in [0.1, 0.15) is 10.6 Å². The first-order chi connectivity index (χ1) is 11.1. The largest absolute Gasteiger partial charge is 0.451 e. The van der Waals surface area contributed by atoms with Crippen molar-refractivity contribution in [2.75, 3.05) is 6.54 Å². The van der Waals surface area contributed by atoms with Gasteiger partial charge < -0.3 is 9.73 Å². The summed E-state index contributed by atoms with van der Waals surface area (Å²) in [7, 11) is 0. The number of carbonyl (C=O) groups is 1. The molecule has 3 aromatic rings. The zero-order valence-electron chi connectivity index (χ0n) is 12.1. The Morgan fingerprint density at radius 2 is 2.00 bits per heavy atom. The molecule has 0 aliphatic heterocycles. The van der Waals surface area contributed by atoms with Crippen LogP contribution < -0.4 is 16.3 Å². The van der Waals surface area contributed by atoms with E-state index in [0.717, 1.165) is 6.07 Å². The number of fused-ring (bicyclic) bond motifs is 1. The second kappa shape index (κ2) is 6.27. The summed E-state index contributed by atoms with van der Waals surface area (Å²) < 4.78 is 6.67. The Hall–Kier alpha value is -3.22. The van der Waals surface area contributed by atoms with E-state index in [-0.39, 0.29) is 29.8 Å². The van der Waals surface area contributed by atoms with Gasteiger partial charge in [-0.15, -0.1) is 0 Å². The van der Waals surface area contributed by atoms with Gasteiger partial charge in [0.1, 0.15) is 5.58 Å². The van der Waals surface area contributed by atoms with E-state index in [4.69, 9.17) is 4.42 Å². The van der Waals surface area contributed by atoms with Crippen LogP contribution in [0.5, 0.6) is 0 Å². The van der Waals surface area contributed by atoms with Gasteiger partial charge in [0.25, 0.3) is 11.5 Å². The van der Waals surface area contributed by atoms with Crippen molar-refractivity contribution >= 4 is 16.9 Å². The van der Waals surface area contributed by atoms with E-state index < -0.39 is 5.91 Å². The monoisotopic (exact) mass is 311 g/mol. The van der Waals surface area contributed by atoms with Gasteiger partial charge >= 0.3 is 0 Å². The number of hydrogen-bond acceptors (Lipinski definition) is 5. The first-order valence-electron chi connectivity index (χ1n) is 6.98. The molecule has 0 atom stereocenters. The maximum atomic E-state index is 12.1. The van der Waals surface area contributed by atoms with Gasteiger partial charge in [-0.2, -0.15) is 5.10 Å². The number of nitrogens with one attached hydrogen (secondary N) is 1. The SMILES string of the molecule is O=C(NCCn1ncccc1=O)c1cc(=O)c2ccccc2o1. The summed E-state index contributed by atoms with van der Waals surface area (Å²) in [6, 6.07) is 10.8. The van der Waals surface area contributed by atoms with E-state index in [2.05, 4.69) is 10.4 Å². The number of carbonyl (C=O) groups excluding carboxylic acids is 1. The van der Waals surface area contributed by atoms with Crippen molar-refractivity contribution < 1.29 is 9.21 Å². The van der Waals surface area contributed by atoms with Gasteiger partial charge in [-0.25, -0.2) is 4.68 Å².